The standard InChI is InChI=1S/C18H13BrN4/c19-14-5-3-13(4-6-14)17-16-9-10-21-18(16)23(22-17)15-7-1-12(11-20)2-8-15/h1-8,21H,9-10H2. The van der Waals surface area contributed by atoms with Gasteiger partial charge >= 0.3 is 0 Å². The number of aromatic nitrogens is 2. The molecule has 0 saturated heterocycles. The van der Waals surface area contributed by atoms with Crippen LogP contribution >= 0.6 is 15.9 Å². The zero-order chi connectivity index (χ0) is 15.8. The van der Waals surface area contributed by atoms with E-state index in [0.717, 1.165) is 40.2 Å². The van der Waals surface area contributed by atoms with Crippen molar-refractivity contribution in [1.82, 2.24) is 9.78 Å². The molecule has 0 aliphatic carbocycles. The van der Waals surface area contributed by atoms with Gasteiger partial charge in [0.15, 0.2) is 0 Å². The van der Waals surface area contributed by atoms with E-state index in [-0.39, 0.29) is 0 Å². The van der Waals surface area contributed by atoms with Crippen molar-refractivity contribution < 1.29 is 0 Å². The van der Waals surface area contributed by atoms with Gasteiger partial charge in [-0.1, -0.05) is 28.1 Å². The van der Waals surface area contributed by atoms with Gasteiger partial charge < -0.3 is 5.32 Å². The van der Waals surface area contributed by atoms with Crippen molar-refractivity contribution >= 4 is 21.7 Å². The van der Waals surface area contributed by atoms with Crippen molar-refractivity contribution in [3.05, 3.63) is 64.1 Å². The molecule has 1 aliphatic rings. The summed E-state index contributed by atoms with van der Waals surface area (Å²) in [7, 11) is 0. The average molecular weight is 365 g/mol. The average Bonchev–Trinajstić information content (AvgIpc) is 3.18. The number of nitriles is 1. The predicted molar refractivity (Wildman–Crippen MR) is 93.6 cm³/mol. The molecule has 1 N–H and O–H groups in total. The molecule has 1 aliphatic heterocycles. The number of benzene rings is 2. The Hall–Kier alpha value is -2.58. The first kappa shape index (κ1) is 14.0. The van der Waals surface area contributed by atoms with Crippen LogP contribution in [0.5, 0.6) is 0 Å². The Bertz CT molecular complexity index is 902. The Kier molecular flexibility index (Phi) is 3.40. The molecule has 3 aromatic rings. The Balaban J connectivity index is 1.84. The summed E-state index contributed by atoms with van der Waals surface area (Å²) in [4.78, 5) is 0. The minimum Gasteiger partial charge on any atom is -0.369 e. The lowest BCUT2D eigenvalue weighted by molar-refractivity contribution is 0.882. The van der Waals surface area contributed by atoms with Gasteiger partial charge in [-0.3, -0.25) is 0 Å². The molecule has 23 heavy (non-hydrogen) atoms. The largest absolute Gasteiger partial charge is 0.369 e. The van der Waals surface area contributed by atoms with E-state index in [4.69, 9.17) is 10.4 Å². The lowest BCUT2D eigenvalue weighted by Gasteiger charge is -2.06. The number of nitrogens with zero attached hydrogens (tertiary/aromatic N) is 3. The van der Waals surface area contributed by atoms with E-state index in [0.29, 0.717) is 5.56 Å². The first-order valence-corrected chi connectivity index (χ1v) is 8.18. The molecule has 5 heteroatoms. The molecule has 0 fully saturated rings. The second-order valence-corrected chi connectivity index (χ2v) is 6.35. The lowest BCUT2D eigenvalue weighted by atomic mass is 10.1. The maximum atomic E-state index is 8.94. The van der Waals surface area contributed by atoms with Gasteiger partial charge in [-0.15, -0.1) is 0 Å². The van der Waals surface area contributed by atoms with Gasteiger partial charge in [-0.25, -0.2) is 4.68 Å². The second-order valence-electron chi connectivity index (χ2n) is 5.43. The van der Waals surface area contributed by atoms with Gasteiger partial charge in [0, 0.05) is 22.1 Å². The van der Waals surface area contributed by atoms with Crippen molar-refractivity contribution in [1.29, 1.82) is 5.26 Å². The highest BCUT2D eigenvalue weighted by Gasteiger charge is 2.23. The summed E-state index contributed by atoms with van der Waals surface area (Å²) in [5.74, 6) is 1.05. The maximum Gasteiger partial charge on any atom is 0.133 e. The number of hydrogen-bond acceptors (Lipinski definition) is 3. The first-order chi connectivity index (χ1) is 11.3. The van der Waals surface area contributed by atoms with E-state index in [9.17, 15) is 0 Å². The molecule has 4 rings (SSSR count). The van der Waals surface area contributed by atoms with Gasteiger partial charge in [0.05, 0.1) is 23.0 Å². The third-order valence-corrected chi connectivity index (χ3v) is 4.54. The fourth-order valence-electron chi connectivity index (χ4n) is 2.88. The van der Waals surface area contributed by atoms with Crippen molar-refractivity contribution in [2.45, 2.75) is 6.42 Å². The summed E-state index contributed by atoms with van der Waals surface area (Å²) in [6.07, 6.45) is 0.969. The summed E-state index contributed by atoms with van der Waals surface area (Å²) in [6.45, 7) is 0.924. The molecule has 112 valence electrons. The minimum atomic E-state index is 0.652. The van der Waals surface area contributed by atoms with Crippen molar-refractivity contribution in [3.63, 3.8) is 0 Å². The van der Waals surface area contributed by atoms with Gasteiger partial charge in [-0.05, 0) is 42.8 Å². The fourth-order valence-corrected chi connectivity index (χ4v) is 3.14. The first-order valence-electron chi connectivity index (χ1n) is 7.38. The number of halogens is 1. The van der Waals surface area contributed by atoms with E-state index in [1.54, 1.807) is 0 Å². The van der Waals surface area contributed by atoms with Crippen molar-refractivity contribution in [2.75, 3.05) is 11.9 Å². The van der Waals surface area contributed by atoms with Crippen LogP contribution in [0.3, 0.4) is 0 Å². The van der Waals surface area contributed by atoms with Crippen LogP contribution in [0.2, 0.25) is 0 Å². The highest BCUT2D eigenvalue weighted by Crippen LogP contribution is 2.34. The fraction of sp³-hybridized carbons (Fsp3) is 0.111. The molecular formula is C18H13BrN4. The third-order valence-electron chi connectivity index (χ3n) is 4.01. The van der Waals surface area contributed by atoms with Crippen LogP contribution in [-0.2, 0) is 6.42 Å². The molecule has 0 radical (unpaired) electrons. The van der Waals surface area contributed by atoms with Gasteiger partial charge in [0.25, 0.3) is 0 Å². The zero-order valence-corrected chi connectivity index (χ0v) is 13.8. The Labute approximate surface area is 142 Å². The highest BCUT2D eigenvalue weighted by atomic mass is 79.9. The quantitative estimate of drug-likeness (QED) is 0.743. The second kappa shape index (κ2) is 5.56. The summed E-state index contributed by atoms with van der Waals surface area (Å²) < 4.78 is 2.99. The Morgan fingerprint density at radius 3 is 2.52 bits per heavy atom. The smallest absolute Gasteiger partial charge is 0.133 e. The van der Waals surface area contributed by atoms with E-state index in [1.807, 2.05) is 41.1 Å². The lowest BCUT2D eigenvalue weighted by Crippen LogP contribution is -2.04. The van der Waals surface area contributed by atoms with Crippen molar-refractivity contribution in [2.24, 2.45) is 0 Å². The normalized spacial score (nSPS) is 12.5. The molecule has 2 aromatic carbocycles. The molecule has 1 aromatic heterocycles. The highest BCUT2D eigenvalue weighted by molar-refractivity contribution is 9.10. The summed E-state index contributed by atoms with van der Waals surface area (Å²) in [5, 5.41) is 17.2. The van der Waals surface area contributed by atoms with Gasteiger partial charge in [0.2, 0.25) is 0 Å². The molecule has 0 amide bonds. The molecule has 0 spiro atoms. The minimum absolute atomic E-state index is 0.652. The van der Waals surface area contributed by atoms with Gasteiger partial charge in [-0.2, -0.15) is 10.4 Å². The number of anilines is 1. The number of fused-ring (bicyclic) bond motifs is 1. The molecule has 0 saturated carbocycles. The van der Waals surface area contributed by atoms with E-state index >= 15 is 0 Å². The zero-order valence-electron chi connectivity index (χ0n) is 12.3. The van der Waals surface area contributed by atoms with E-state index in [1.165, 1.54) is 5.56 Å². The Morgan fingerprint density at radius 2 is 1.83 bits per heavy atom. The Morgan fingerprint density at radius 1 is 1.09 bits per heavy atom. The van der Waals surface area contributed by atoms with Crippen molar-refractivity contribution in [3.8, 4) is 23.0 Å². The molecule has 0 bridgehead atoms. The molecule has 4 nitrogen and oxygen atoms in total. The number of nitrogens with one attached hydrogen (secondary N) is 1. The SMILES string of the molecule is N#Cc1ccc(-n2nc(-c3ccc(Br)cc3)c3c2NCC3)cc1. The number of hydrogen-bond donors (Lipinski definition) is 1. The van der Waals surface area contributed by atoms with Gasteiger partial charge in [0.1, 0.15) is 5.82 Å². The van der Waals surface area contributed by atoms with Crippen LogP contribution in [-0.4, -0.2) is 16.3 Å². The van der Waals surface area contributed by atoms with E-state index in [2.05, 4.69) is 39.4 Å². The van der Waals surface area contributed by atoms with Crippen LogP contribution in [0.25, 0.3) is 16.9 Å². The van der Waals surface area contributed by atoms with Crippen LogP contribution in [0, 0.1) is 11.3 Å². The van der Waals surface area contributed by atoms with Crippen LogP contribution in [0.4, 0.5) is 5.82 Å². The molecule has 2 heterocycles. The maximum absolute atomic E-state index is 8.94. The third kappa shape index (κ3) is 2.41. The predicted octanol–water partition coefficient (Wildman–Crippen LogP) is 4.14. The topological polar surface area (TPSA) is 53.6 Å². The summed E-state index contributed by atoms with van der Waals surface area (Å²) in [6, 6.07) is 17.9. The number of rotatable bonds is 2. The van der Waals surface area contributed by atoms with Crippen LogP contribution in [0.15, 0.2) is 53.0 Å². The summed E-state index contributed by atoms with van der Waals surface area (Å²) in [5.41, 5.74) is 4.98. The van der Waals surface area contributed by atoms with E-state index < -0.39 is 0 Å². The molecule has 0 unspecified atom stereocenters. The summed E-state index contributed by atoms with van der Waals surface area (Å²) >= 11 is 3.47. The molecule has 0 atom stereocenters. The van der Waals surface area contributed by atoms with Crippen LogP contribution < -0.4 is 5.32 Å². The monoisotopic (exact) mass is 364 g/mol. The van der Waals surface area contributed by atoms with Crippen LogP contribution in [0.1, 0.15) is 11.1 Å². The molecular weight excluding hydrogens is 352 g/mol.